The molecule has 7 heteroatoms. The summed E-state index contributed by atoms with van der Waals surface area (Å²) in [6.45, 7) is 4.66. The molecule has 0 radical (unpaired) electrons. The molecule has 0 saturated heterocycles. The first-order valence-electron chi connectivity index (χ1n) is 9.11. The fourth-order valence-corrected chi connectivity index (χ4v) is 2.75. The number of carbonyl (C=O) groups is 2. The minimum Gasteiger partial charge on any atom is -0.350 e. The second-order valence-corrected chi connectivity index (χ2v) is 6.72. The summed E-state index contributed by atoms with van der Waals surface area (Å²) >= 11 is 0. The van der Waals surface area contributed by atoms with Crippen molar-refractivity contribution < 1.29 is 9.59 Å². The Morgan fingerprint density at radius 2 is 1.61 bits per heavy atom. The van der Waals surface area contributed by atoms with Crippen LogP contribution in [0.25, 0.3) is 10.9 Å². The van der Waals surface area contributed by atoms with Crippen LogP contribution in [0.5, 0.6) is 0 Å². The van der Waals surface area contributed by atoms with Crippen molar-refractivity contribution in [2.75, 3.05) is 13.1 Å². The molecule has 0 saturated carbocycles. The summed E-state index contributed by atoms with van der Waals surface area (Å²) in [4.78, 5) is 43.0. The number of nitrogens with zero attached hydrogens (tertiary/aromatic N) is 1. The zero-order valence-corrected chi connectivity index (χ0v) is 15.8. The van der Waals surface area contributed by atoms with Crippen molar-refractivity contribution in [2.45, 2.75) is 19.8 Å². The van der Waals surface area contributed by atoms with Gasteiger partial charge in [0.1, 0.15) is 0 Å². The van der Waals surface area contributed by atoms with Gasteiger partial charge in [-0.25, -0.2) is 4.98 Å². The first-order valence-corrected chi connectivity index (χ1v) is 9.11. The van der Waals surface area contributed by atoms with Crippen molar-refractivity contribution in [1.82, 2.24) is 20.6 Å². The van der Waals surface area contributed by atoms with Gasteiger partial charge in [0, 0.05) is 18.7 Å². The Kier molecular flexibility index (Phi) is 5.84. The fourth-order valence-electron chi connectivity index (χ4n) is 2.75. The second kappa shape index (κ2) is 8.47. The molecule has 1 heterocycles. The maximum atomic E-state index is 12.2. The highest BCUT2D eigenvalue weighted by Crippen LogP contribution is 2.14. The zero-order chi connectivity index (χ0) is 20.1. The molecule has 3 rings (SSSR count). The summed E-state index contributed by atoms with van der Waals surface area (Å²) in [7, 11) is 0. The van der Waals surface area contributed by atoms with Crippen molar-refractivity contribution >= 4 is 22.7 Å². The lowest BCUT2D eigenvalue weighted by molar-refractivity contribution is 0.0922. The molecule has 0 unspecified atom stereocenters. The van der Waals surface area contributed by atoms with E-state index < -0.39 is 5.91 Å². The molecule has 2 amide bonds. The van der Waals surface area contributed by atoms with Gasteiger partial charge in [0.2, 0.25) is 0 Å². The summed E-state index contributed by atoms with van der Waals surface area (Å²) < 4.78 is 0. The molecule has 0 aliphatic rings. The number of hydrogen-bond donors (Lipinski definition) is 3. The summed E-state index contributed by atoms with van der Waals surface area (Å²) in [5.41, 5.74) is 1.82. The molecule has 0 spiro atoms. The largest absolute Gasteiger partial charge is 0.350 e. The highest BCUT2D eigenvalue weighted by Gasteiger charge is 2.11. The molecule has 0 atom stereocenters. The Morgan fingerprint density at radius 1 is 0.964 bits per heavy atom. The molecular weight excluding hydrogens is 356 g/mol. The summed E-state index contributed by atoms with van der Waals surface area (Å²) in [5.74, 6) is -0.359. The quantitative estimate of drug-likeness (QED) is 0.572. The van der Waals surface area contributed by atoms with Gasteiger partial charge < -0.3 is 15.6 Å². The van der Waals surface area contributed by atoms with Crippen LogP contribution in [0.1, 0.15) is 46.3 Å². The van der Waals surface area contributed by atoms with Crippen LogP contribution in [0.4, 0.5) is 0 Å². The highest BCUT2D eigenvalue weighted by molar-refractivity contribution is 5.94. The smallest absolute Gasteiger partial charge is 0.287 e. The number of carbonyl (C=O) groups excluding carboxylic acids is 2. The molecule has 28 heavy (non-hydrogen) atoms. The Balaban J connectivity index is 1.53. The molecule has 0 fully saturated rings. The van der Waals surface area contributed by atoms with Gasteiger partial charge in [0.05, 0.1) is 10.9 Å². The lowest BCUT2D eigenvalue weighted by Gasteiger charge is -2.09. The van der Waals surface area contributed by atoms with Gasteiger partial charge >= 0.3 is 0 Å². The van der Waals surface area contributed by atoms with E-state index in [2.05, 4.69) is 34.4 Å². The molecule has 0 aliphatic heterocycles. The number of H-pyrrole nitrogens is 1. The third kappa shape index (κ3) is 4.43. The first-order chi connectivity index (χ1) is 13.5. The number of benzene rings is 2. The molecular formula is C21H22N4O3. The van der Waals surface area contributed by atoms with Crippen molar-refractivity contribution in [3.05, 3.63) is 75.8 Å². The van der Waals surface area contributed by atoms with E-state index >= 15 is 0 Å². The van der Waals surface area contributed by atoms with E-state index in [1.54, 1.807) is 36.4 Å². The first kappa shape index (κ1) is 19.3. The third-order valence-corrected chi connectivity index (χ3v) is 4.36. The lowest BCUT2D eigenvalue weighted by Crippen LogP contribution is -2.36. The van der Waals surface area contributed by atoms with Crippen LogP contribution >= 0.6 is 0 Å². The number of aromatic amines is 1. The number of para-hydroxylation sites is 1. The van der Waals surface area contributed by atoms with Crippen LogP contribution in [0.2, 0.25) is 0 Å². The van der Waals surface area contributed by atoms with Crippen molar-refractivity contribution in [3.8, 4) is 0 Å². The number of amides is 2. The standard InChI is InChI=1S/C21H22N4O3/c1-13(2)14-7-9-15(10-8-14)19(26)22-11-12-23-21(28)18-24-17-6-4-3-5-16(17)20(27)25-18/h3-10,13H,11-12H2,1-2H3,(H,22,26)(H,23,28)(H,24,25,27). The molecule has 144 valence electrons. The van der Waals surface area contributed by atoms with E-state index in [0.717, 1.165) is 0 Å². The molecule has 3 aromatic rings. The molecule has 0 bridgehead atoms. The van der Waals surface area contributed by atoms with Crippen LogP contribution < -0.4 is 16.2 Å². The minimum absolute atomic E-state index is 0.0562. The van der Waals surface area contributed by atoms with Crippen molar-refractivity contribution in [2.24, 2.45) is 0 Å². The fraction of sp³-hybridized carbons (Fsp3) is 0.238. The monoisotopic (exact) mass is 378 g/mol. The Hall–Kier alpha value is -3.48. The zero-order valence-electron chi connectivity index (χ0n) is 15.8. The second-order valence-electron chi connectivity index (χ2n) is 6.72. The lowest BCUT2D eigenvalue weighted by atomic mass is 10.0. The molecule has 7 nitrogen and oxygen atoms in total. The summed E-state index contributed by atoms with van der Waals surface area (Å²) in [5, 5.41) is 5.81. The van der Waals surface area contributed by atoms with E-state index in [1.165, 1.54) is 5.56 Å². The topological polar surface area (TPSA) is 104 Å². The van der Waals surface area contributed by atoms with E-state index in [-0.39, 0.29) is 30.4 Å². The predicted octanol–water partition coefficient (Wildman–Crippen LogP) is 2.21. The molecule has 3 N–H and O–H groups in total. The average Bonchev–Trinajstić information content (AvgIpc) is 2.71. The number of nitrogens with one attached hydrogen (secondary N) is 3. The van der Waals surface area contributed by atoms with Crippen molar-refractivity contribution in [3.63, 3.8) is 0 Å². The van der Waals surface area contributed by atoms with E-state index in [1.807, 2.05) is 12.1 Å². The third-order valence-electron chi connectivity index (χ3n) is 4.36. The van der Waals surface area contributed by atoms with Gasteiger partial charge in [0.25, 0.3) is 17.4 Å². The van der Waals surface area contributed by atoms with Gasteiger partial charge in [-0.3, -0.25) is 14.4 Å². The number of fused-ring (bicyclic) bond motifs is 1. The number of rotatable bonds is 6. The van der Waals surface area contributed by atoms with Crippen LogP contribution in [-0.2, 0) is 0 Å². The van der Waals surface area contributed by atoms with Crippen molar-refractivity contribution in [1.29, 1.82) is 0 Å². The predicted molar refractivity (Wildman–Crippen MR) is 108 cm³/mol. The van der Waals surface area contributed by atoms with Gasteiger partial charge in [-0.05, 0) is 35.7 Å². The van der Waals surface area contributed by atoms with E-state index in [4.69, 9.17) is 0 Å². The average molecular weight is 378 g/mol. The van der Waals surface area contributed by atoms with Gasteiger partial charge in [0.15, 0.2) is 5.82 Å². The van der Waals surface area contributed by atoms with Crippen LogP contribution in [0.15, 0.2) is 53.3 Å². The van der Waals surface area contributed by atoms with Gasteiger partial charge in [-0.2, -0.15) is 0 Å². The molecule has 1 aromatic heterocycles. The minimum atomic E-state index is -0.501. The molecule has 2 aromatic carbocycles. The summed E-state index contributed by atoms with van der Waals surface area (Å²) in [6, 6.07) is 14.2. The normalized spacial score (nSPS) is 10.8. The van der Waals surface area contributed by atoms with Crippen LogP contribution in [0, 0.1) is 0 Å². The maximum absolute atomic E-state index is 12.2. The van der Waals surface area contributed by atoms with Gasteiger partial charge in [-0.1, -0.05) is 38.1 Å². The van der Waals surface area contributed by atoms with Crippen LogP contribution in [0.3, 0.4) is 0 Å². The number of hydrogen-bond acceptors (Lipinski definition) is 4. The Labute approximate surface area is 162 Å². The highest BCUT2D eigenvalue weighted by atomic mass is 16.2. The van der Waals surface area contributed by atoms with E-state index in [0.29, 0.717) is 22.4 Å². The Morgan fingerprint density at radius 3 is 2.29 bits per heavy atom. The molecule has 0 aliphatic carbocycles. The van der Waals surface area contributed by atoms with E-state index in [9.17, 15) is 14.4 Å². The Bertz CT molecular complexity index is 1060. The number of aromatic nitrogens is 2. The summed E-state index contributed by atoms with van der Waals surface area (Å²) in [6.07, 6.45) is 0. The van der Waals surface area contributed by atoms with Gasteiger partial charge in [-0.15, -0.1) is 0 Å². The SMILES string of the molecule is CC(C)c1ccc(C(=O)NCCNC(=O)c2nc3ccccc3c(=O)[nH]2)cc1. The van der Waals surface area contributed by atoms with Crippen LogP contribution in [-0.4, -0.2) is 34.9 Å². The maximum Gasteiger partial charge on any atom is 0.287 e.